The molecular formula is C22H23Cl2NO6S4. The molecule has 2 heterocycles. The van der Waals surface area contributed by atoms with E-state index in [1.165, 1.54) is 0 Å². The summed E-state index contributed by atoms with van der Waals surface area (Å²) in [5.74, 6) is -0.473. The molecule has 1 aliphatic heterocycles. The van der Waals surface area contributed by atoms with Crippen LogP contribution in [0.1, 0.15) is 23.3 Å². The van der Waals surface area contributed by atoms with Crippen molar-refractivity contribution in [2.24, 2.45) is 0 Å². The maximum atomic E-state index is 11.3. The maximum absolute atomic E-state index is 11.3. The van der Waals surface area contributed by atoms with E-state index < -0.39 is 21.0 Å². The molecule has 13 heteroatoms. The number of hydrogen-bond donors (Lipinski definition) is 4. The molecule has 2 aromatic carbocycles. The number of halogens is 2. The SMILES string of the molecule is O=S(=O)(O)CCCc1c(C=C2Sc3ccc(Cl)cc3N2CCCS(O)(O)O)sc2ccc(Cl)cc12. The number of thioether (sulfide) groups is 1. The Labute approximate surface area is 223 Å². The van der Waals surface area contributed by atoms with Gasteiger partial charge < -0.3 is 18.6 Å². The molecule has 0 aliphatic carbocycles. The first kappa shape index (κ1) is 27.1. The van der Waals surface area contributed by atoms with Gasteiger partial charge in [0.15, 0.2) is 0 Å². The maximum Gasteiger partial charge on any atom is 0.264 e. The minimum absolute atomic E-state index is 0.139. The Kier molecular flexibility index (Phi) is 8.33. The Morgan fingerprint density at radius 3 is 2.37 bits per heavy atom. The van der Waals surface area contributed by atoms with E-state index >= 15 is 0 Å². The van der Waals surface area contributed by atoms with Gasteiger partial charge >= 0.3 is 0 Å². The molecule has 0 spiro atoms. The van der Waals surface area contributed by atoms with E-state index in [2.05, 4.69) is 0 Å². The van der Waals surface area contributed by atoms with Crippen molar-refractivity contribution in [3.63, 3.8) is 0 Å². The molecule has 7 nitrogen and oxygen atoms in total. The van der Waals surface area contributed by atoms with Crippen molar-refractivity contribution < 1.29 is 26.6 Å². The third-order valence-electron chi connectivity index (χ3n) is 5.36. The van der Waals surface area contributed by atoms with Gasteiger partial charge in [0, 0.05) is 36.8 Å². The quantitative estimate of drug-likeness (QED) is 0.187. The smallest absolute Gasteiger partial charge is 0.264 e. The van der Waals surface area contributed by atoms with E-state index in [1.807, 2.05) is 35.2 Å². The summed E-state index contributed by atoms with van der Waals surface area (Å²) >= 11 is 15.6. The number of nitrogens with zero attached hydrogens (tertiary/aromatic N) is 1. The first-order valence-corrected chi connectivity index (χ1v) is 16.2. The van der Waals surface area contributed by atoms with Crippen LogP contribution in [0, 0.1) is 0 Å². The van der Waals surface area contributed by atoms with Crippen LogP contribution in [0.4, 0.5) is 5.69 Å². The van der Waals surface area contributed by atoms with Crippen LogP contribution in [-0.4, -0.2) is 44.7 Å². The van der Waals surface area contributed by atoms with Gasteiger partial charge in [0.25, 0.3) is 10.1 Å². The summed E-state index contributed by atoms with van der Waals surface area (Å²) in [4.78, 5) is 3.96. The molecule has 0 unspecified atom stereocenters. The number of anilines is 1. The van der Waals surface area contributed by atoms with Gasteiger partial charge in [0.2, 0.25) is 0 Å². The molecule has 0 atom stereocenters. The lowest BCUT2D eigenvalue weighted by Gasteiger charge is -2.24. The van der Waals surface area contributed by atoms with Gasteiger partial charge in [-0.05, 0) is 72.7 Å². The van der Waals surface area contributed by atoms with Crippen LogP contribution >= 0.6 is 57.2 Å². The van der Waals surface area contributed by atoms with Gasteiger partial charge in [0.1, 0.15) is 0 Å². The summed E-state index contributed by atoms with van der Waals surface area (Å²) in [7, 11) is -7.65. The number of benzene rings is 2. The van der Waals surface area contributed by atoms with Gasteiger partial charge in [-0.2, -0.15) is 8.42 Å². The van der Waals surface area contributed by atoms with Gasteiger partial charge in [-0.15, -0.1) is 11.3 Å². The minimum Gasteiger partial charge on any atom is -0.335 e. The molecule has 1 aliphatic rings. The number of rotatable bonds is 9. The number of hydrogen-bond acceptors (Lipinski definition) is 8. The van der Waals surface area contributed by atoms with Crippen LogP contribution in [0.2, 0.25) is 10.0 Å². The third-order valence-corrected chi connectivity index (χ3v) is 9.74. The van der Waals surface area contributed by atoms with Crippen molar-refractivity contribution >= 4 is 89.1 Å². The van der Waals surface area contributed by atoms with E-state index in [0.29, 0.717) is 29.4 Å². The Morgan fingerprint density at radius 1 is 0.943 bits per heavy atom. The van der Waals surface area contributed by atoms with Gasteiger partial charge in [-0.3, -0.25) is 4.55 Å². The van der Waals surface area contributed by atoms with E-state index in [-0.39, 0.29) is 17.9 Å². The average molecular weight is 597 g/mol. The molecule has 0 radical (unpaired) electrons. The lowest BCUT2D eigenvalue weighted by molar-refractivity contribution is 0.375. The Hall–Kier alpha value is -0.990. The van der Waals surface area contributed by atoms with Crippen molar-refractivity contribution in [1.29, 1.82) is 0 Å². The first-order valence-electron chi connectivity index (χ1n) is 10.5. The van der Waals surface area contributed by atoms with E-state index in [4.69, 9.17) is 27.8 Å². The second-order valence-electron chi connectivity index (χ2n) is 8.01. The van der Waals surface area contributed by atoms with Gasteiger partial charge in [0.05, 0.1) is 27.3 Å². The number of thiophene rings is 1. The number of fused-ring (bicyclic) bond motifs is 2. The van der Waals surface area contributed by atoms with Gasteiger partial charge in [-0.25, -0.2) is 0 Å². The fraction of sp³-hybridized carbons (Fsp3) is 0.273. The number of aryl methyl sites for hydroxylation is 1. The summed E-state index contributed by atoms with van der Waals surface area (Å²) in [5, 5.41) is 2.98. The highest BCUT2D eigenvalue weighted by Crippen LogP contribution is 2.49. The molecular weight excluding hydrogens is 573 g/mol. The van der Waals surface area contributed by atoms with E-state index in [1.54, 1.807) is 35.2 Å². The second-order valence-corrected chi connectivity index (χ2v) is 14.3. The van der Waals surface area contributed by atoms with Crippen molar-refractivity contribution in [3.8, 4) is 0 Å². The lowest BCUT2D eigenvalue weighted by Crippen LogP contribution is -2.21. The van der Waals surface area contributed by atoms with Crippen molar-refractivity contribution in [2.75, 3.05) is 23.0 Å². The predicted octanol–water partition coefficient (Wildman–Crippen LogP) is 7.55. The van der Waals surface area contributed by atoms with Crippen molar-refractivity contribution in [3.05, 3.63) is 61.9 Å². The van der Waals surface area contributed by atoms with Crippen molar-refractivity contribution in [2.45, 2.75) is 24.2 Å². The van der Waals surface area contributed by atoms with Crippen LogP contribution < -0.4 is 4.90 Å². The zero-order chi connectivity index (χ0) is 25.4. The molecule has 190 valence electrons. The molecule has 35 heavy (non-hydrogen) atoms. The summed E-state index contributed by atoms with van der Waals surface area (Å²) in [6.07, 6.45) is 3.06. The molecule has 4 rings (SSSR count). The average Bonchev–Trinajstić information content (AvgIpc) is 3.24. The molecule has 3 aromatic rings. The molecule has 0 saturated carbocycles. The molecule has 0 saturated heterocycles. The summed E-state index contributed by atoms with van der Waals surface area (Å²) in [6.45, 7) is 0.428. The largest absolute Gasteiger partial charge is 0.335 e. The van der Waals surface area contributed by atoms with Crippen LogP contribution in [0.25, 0.3) is 16.2 Å². The minimum atomic E-state index is -4.07. The Bertz CT molecular complexity index is 1380. The van der Waals surface area contributed by atoms with Crippen LogP contribution in [0.5, 0.6) is 0 Å². The van der Waals surface area contributed by atoms with Crippen molar-refractivity contribution in [1.82, 2.24) is 0 Å². The summed E-state index contributed by atoms with van der Waals surface area (Å²) in [6, 6.07) is 11.2. The molecule has 4 N–H and O–H groups in total. The fourth-order valence-electron chi connectivity index (χ4n) is 3.89. The highest BCUT2D eigenvalue weighted by atomic mass is 35.5. The topological polar surface area (TPSA) is 118 Å². The van der Waals surface area contributed by atoms with Gasteiger partial charge in [-0.1, -0.05) is 35.0 Å². The first-order chi connectivity index (χ1) is 16.4. The second kappa shape index (κ2) is 10.8. The third kappa shape index (κ3) is 7.07. The molecule has 0 bridgehead atoms. The lowest BCUT2D eigenvalue weighted by atomic mass is 10.1. The zero-order valence-electron chi connectivity index (χ0n) is 18.2. The fourth-order valence-corrected chi connectivity index (χ4v) is 7.61. The molecule has 1 aromatic heterocycles. The van der Waals surface area contributed by atoms with E-state index in [9.17, 15) is 22.1 Å². The van der Waals surface area contributed by atoms with Crippen LogP contribution in [0.3, 0.4) is 0 Å². The Balaban J connectivity index is 1.72. The highest BCUT2D eigenvalue weighted by Gasteiger charge is 2.27. The van der Waals surface area contributed by atoms with E-state index in [0.717, 1.165) is 36.1 Å². The Morgan fingerprint density at radius 2 is 1.66 bits per heavy atom. The predicted molar refractivity (Wildman–Crippen MR) is 149 cm³/mol. The zero-order valence-corrected chi connectivity index (χ0v) is 23.0. The highest BCUT2D eigenvalue weighted by molar-refractivity contribution is 8.19. The summed E-state index contributed by atoms with van der Waals surface area (Å²) in [5.41, 5.74) is 1.84. The summed E-state index contributed by atoms with van der Waals surface area (Å²) < 4.78 is 60.8. The monoisotopic (exact) mass is 595 g/mol. The standard InChI is InChI=1S/C22H23Cl2NO6S4/c23-14-4-6-19-17(11-14)16(3-1-9-34(26,27)28)21(32-19)13-22-25(8-2-10-35(29,30)31)18-12-15(24)5-7-20(18)33-22/h4-7,11-13,29-31H,1-3,8-10H2,(H,26,27,28). The van der Waals surface area contributed by atoms with Crippen LogP contribution in [-0.2, 0) is 16.5 Å². The normalized spacial score (nSPS) is 15.8. The molecule has 0 fully saturated rings. The molecule has 0 amide bonds. The van der Waals surface area contributed by atoms with Crippen LogP contribution in [0.15, 0.2) is 46.3 Å².